The quantitative estimate of drug-likeness (QED) is 0.591. The molecule has 2 aliphatic rings. The number of halogens is 1. The molecule has 2 atom stereocenters. The molecule has 0 spiro atoms. The minimum Gasteiger partial charge on any atom is -0.464 e. The van der Waals surface area contributed by atoms with Gasteiger partial charge in [-0.15, -0.1) is 0 Å². The molecule has 0 saturated carbocycles. The minimum atomic E-state index is -0.914. The lowest BCUT2D eigenvalue weighted by Crippen LogP contribution is -2.40. The summed E-state index contributed by atoms with van der Waals surface area (Å²) in [5.74, 6) is -0.436. The van der Waals surface area contributed by atoms with E-state index < -0.39 is 17.7 Å². The van der Waals surface area contributed by atoms with Crippen molar-refractivity contribution in [2.45, 2.75) is 59.3 Å². The minimum absolute atomic E-state index is 0.257. The maximum absolute atomic E-state index is 13.1. The summed E-state index contributed by atoms with van der Waals surface area (Å²) in [6.45, 7) is 11.5. The van der Waals surface area contributed by atoms with Crippen LogP contribution in [-0.2, 0) is 14.3 Å². The summed E-state index contributed by atoms with van der Waals surface area (Å²) >= 11 is 6.14. The van der Waals surface area contributed by atoms with Gasteiger partial charge in [0.25, 0.3) is 0 Å². The molecule has 1 heterocycles. The fourth-order valence-corrected chi connectivity index (χ4v) is 4.01. The molecule has 1 aromatic carbocycles. The molecular weight excluding hydrogens is 414 g/mol. The summed E-state index contributed by atoms with van der Waals surface area (Å²) in [7, 11) is 0. The first-order valence-electron chi connectivity index (χ1n) is 10.4. The molecule has 0 aromatic heterocycles. The molecule has 1 N–H and O–H groups in total. The molecule has 0 fully saturated rings. The van der Waals surface area contributed by atoms with Gasteiger partial charge in [-0.2, -0.15) is 0 Å². The van der Waals surface area contributed by atoms with Crippen molar-refractivity contribution < 1.29 is 19.5 Å². The van der Waals surface area contributed by atoms with E-state index in [-0.39, 0.29) is 12.6 Å². The van der Waals surface area contributed by atoms with E-state index in [9.17, 15) is 10.0 Å². The van der Waals surface area contributed by atoms with Crippen LogP contribution in [0.4, 0.5) is 0 Å². The largest absolute Gasteiger partial charge is 0.464 e. The van der Waals surface area contributed by atoms with E-state index in [1.807, 2.05) is 77.1 Å². The summed E-state index contributed by atoms with van der Waals surface area (Å²) in [5, 5.41) is 12.6. The Labute approximate surface area is 189 Å². The Hall–Kier alpha value is -2.34. The number of hydroxylamine groups is 2. The lowest BCUT2D eigenvalue weighted by molar-refractivity contribution is -0.161. The topological polar surface area (TPSA) is 59.0 Å². The van der Waals surface area contributed by atoms with Crippen LogP contribution in [0.3, 0.4) is 0 Å². The lowest BCUT2D eigenvalue weighted by Gasteiger charge is -2.39. The second kappa shape index (κ2) is 9.03. The number of fused-ring (bicyclic) bond motifs is 1. The van der Waals surface area contributed by atoms with Crippen molar-refractivity contribution in [2.75, 3.05) is 6.61 Å². The van der Waals surface area contributed by atoms with Crippen molar-refractivity contribution in [1.29, 1.82) is 0 Å². The van der Waals surface area contributed by atoms with E-state index in [2.05, 4.69) is 0 Å². The molecule has 1 aliphatic heterocycles. The summed E-state index contributed by atoms with van der Waals surface area (Å²) in [6.07, 6.45) is 4.88. The van der Waals surface area contributed by atoms with Crippen molar-refractivity contribution in [2.24, 2.45) is 0 Å². The summed E-state index contributed by atoms with van der Waals surface area (Å²) in [4.78, 5) is 13.1. The standard InChI is InChI=1S/C25H30ClNO4/c1-7-30-24(28)23(31-25(4,5)6)21-15(2)14-20-19(13-8-16(3)27(20)29)22(21)17-9-11-18(26)12-10-17/h8-14,20,23,29H,7H2,1-6H3/t20?,23-/m0/s1. The molecule has 0 bridgehead atoms. The van der Waals surface area contributed by atoms with Crippen LogP contribution in [0.2, 0.25) is 5.02 Å². The van der Waals surface area contributed by atoms with Crippen LogP contribution >= 0.6 is 11.6 Å². The Morgan fingerprint density at radius 3 is 2.42 bits per heavy atom. The molecule has 5 nitrogen and oxygen atoms in total. The normalized spacial score (nSPS) is 19.9. The Morgan fingerprint density at radius 2 is 1.84 bits per heavy atom. The predicted molar refractivity (Wildman–Crippen MR) is 123 cm³/mol. The molecule has 1 aromatic rings. The monoisotopic (exact) mass is 443 g/mol. The molecule has 1 aliphatic carbocycles. The zero-order chi connectivity index (χ0) is 22.9. The van der Waals surface area contributed by atoms with Crippen molar-refractivity contribution in [3.63, 3.8) is 0 Å². The molecule has 3 rings (SSSR count). The molecule has 0 radical (unpaired) electrons. The van der Waals surface area contributed by atoms with Gasteiger partial charge in [0.2, 0.25) is 0 Å². The van der Waals surface area contributed by atoms with Crippen LogP contribution in [0, 0.1) is 0 Å². The Bertz CT molecular complexity index is 980. The molecule has 0 saturated heterocycles. The van der Waals surface area contributed by atoms with E-state index in [1.54, 1.807) is 6.92 Å². The smallest absolute Gasteiger partial charge is 0.339 e. The lowest BCUT2D eigenvalue weighted by atomic mass is 9.77. The third-order valence-electron chi connectivity index (χ3n) is 5.21. The van der Waals surface area contributed by atoms with E-state index in [0.29, 0.717) is 5.02 Å². The first-order chi connectivity index (χ1) is 14.5. The SMILES string of the molecule is CCOC(=O)[C@@H](OC(C)(C)C)C1=C(c2ccc(Cl)cc2)C2=CC=C(C)N(O)C2C=C1C. The second-order valence-corrected chi connectivity index (χ2v) is 9.16. The second-order valence-electron chi connectivity index (χ2n) is 8.73. The van der Waals surface area contributed by atoms with Crippen molar-refractivity contribution in [3.05, 3.63) is 75.5 Å². The van der Waals surface area contributed by atoms with Crippen molar-refractivity contribution in [3.8, 4) is 0 Å². The van der Waals surface area contributed by atoms with Gasteiger partial charge in [-0.3, -0.25) is 10.3 Å². The van der Waals surface area contributed by atoms with Crippen molar-refractivity contribution >= 4 is 23.1 Å². The molecule has 1 unspecified atom stereocenters. The van der Waals surface area contributed by atoms with Crippen LogP contribution in [0.15, 0.2) is 64.9 Å². The average molecular weight is 444 g/mol. The van der Waals surface area contributed by atoms with Crippen LogP contribution in [0.1, 0.15) is 47.1 Å². The van der Waals surface area contributed by atoms with Crippen LogP contribution in [0.25, 0.3) is 5.57 Å². The Morgan fingerprint density at radius 1 is 1.19 bits per heavy atom. The summed E-state index contributed by atoms with van der Waals surface area (Å²) in [6, 6.07) is 7.10. The number of hydrogen-bond donors (Lipinski definition) is 1. The molecular formula is C25H30ClNO4. The maximum atomic E-state index is 13.1. The summed E-state index contributed by atoms with van der Waals surface area (Å²) in [5.41, 5.74) is 4.35. The van der Waals surface area contributed by atoms with Gasteiger partial charge in [-0.1, -0.05) is 35.9 Å². The fourth-order valence-electron chi connectivity index (χ4n) is 3.88. The van der Waals surface area contributed by atoms with Crippen LogP contribution < -0.4 is 0 Å². The number of hydrogen-bond acceptors (Lipinski definition) is 5. The number of allylic oxidation sites excluding steroid dienone is 3. The number of benzene rings is 1. The van der Waals surface area contributed by atoms with Gasteiger partial charge in [0, 0.05) is 16.3 Å². The number of nitrogens with zero attached hydrogens (tertiary/aromatic N) is 1. The first-order valence-corrected chi connectivity index (χ1v) is 10.8. The fraction of sp³-hybridized carbons (Fsp3) is 0.400. The van der Waals surface area contributed by atoms with Gasteiger partial charge in [0.15, 0.2) is 6.10 Å². The number of esters is 1. The number of carbonyl (C=O) groups is 1. The Balaban J connectivity index is 2.30. The zero-order valence-corrected chi connectivity index (χ0v) is 19.7. The molecule has 166 valence electrons. The van der Waals surface area contributed by atoms with Gasteiger partial charge in [-0.05, 0) is 82.0 Å². The van der Waals surface area contributed by atoms with Gasteiger partial charge in [0.1, 0.15) is 6.04 Å². The van der Waals surface area contributed by atoms with E-state index in [1.165, 1.54) is 5.06 Å². The third-order valence-corrected chi connectivity index (χ3v) is 5.46. The Kier molecular flexibility index (Phi) is 6.79. The molecule has 31 heavy (non-hydrogen) atoms. The van der Waals surface area contributed by atoms with Crippen molar-refractivity contribution in [1.82, 2.24) is 5.06 Å². The average Bonchev–Trinajstić information content (AvgIpc) is 2.69. The van der Waals surface area contributed by atoms with E-state index in [0.717, 1.165) is 33.6 Å². The summed E-state index contributed by atoms with van der Waals surface area (Å²) < 4.78 is 11.6. The highest BCUT2D eigenvalue weighted by Crippen LogP contribution is 2.43. The van der Waals surface area contributed by atoms with E-state index in [4.69, 9.17) is 21.1 Å². The predicted octanol–water partition coefficient (Wildman–Crippen LogP) is 5.70. The van der Waals surface area contributed by atoms with Gasteiger partial charge >= 0.3 is 5.97 Å². The number of carbonyl (C=O) groups excluding carboxylic acids is 1. The first kappa shape index (κ1) is 23.3. The van der Waals surface area contributed by atoms with Gasteiger partial charge < -0.3 is 9.47 Å². The molecule has 6 heteroatoms. The van der Waals surface area contributed by atoms with Gasteiger partial charge in [-0.25, -0.2) is 4.79 Å². The van der Waals surface area contributed by atoms with Gasteiger partial charge in [0.05, 0.1) is 12.2 Å². The highest BCUT2D eigenvalue weighted by molar-refractivity contribution is 6.30. The number of ether oxygens (including phenoxy) is 2. The third kappa shape index (κ3) is 4.95. The van der Waals surface area contributed by atoms with E-state index >= 15 is 0 Å². The maximum Gasteiger partial charge on any atom is 0.339 e. The highest BCUT2D eigenvalue weighted by Gasteiger charge is 2.39. The number of rotatable bonds is 5. The van der Waals surface area contributed by atoms with Crippen LogP contribution in [-0.4, -0.2) is 40.6 Å². The zero-order valence-electron chi connectivity index (χ0n) is 18.9. The van der Waals surface area contributed by atoms with Crippen LogP contribution in [0.5, 0.6) is 0 Å². The molecule has 0 amide bonds. The highest BCUT2D eigenvalue weighted by atomic mass is 35.5.